The van der Waals surface area contributed by atoms with E-state index in [2.05, 4.69) is 0 Å². The number of carbonyl (C=O) groups excluding carboxylic acids is 1. The van der Waals surface area contributed by atoms with E-state index in [4.69, 9.17) is 15.2 Å². The van der Waals surface area contributed by atoms with Gasteiger partial charge in [0.15, 0.2) is 0 Å². The highest BCUT2D eigenvalue weighted by Crippen LogP contribution is 2.32. The summed E-state index contributed by atoms with van der Waals surface area (Å²) in [6.07, 6.45) is -0.385. The molecular weight excluding hydrogens is 367 g/mol. The van der Waals surface area contributed by atoms with Crippen molar-refractivity contribution < 1.29 is 18.7 Å². The fraction of sp³-hybridized carbons (Fsp3) is 0.350. The maximum absolute atomic E-state index is 13.6. The first-order valence-corrected chi connectivity index (χ1v) is 9.49. The van der Waals surface area contributed by atoms with Crippen LogP contribution in [0.3, 0.4) is 0 Å². The van der Waals surface area contributed by atoms with Crippen molar-refractivity contribution in [3.05, 3.63) is 48.3 Å². The Morgan fingerprint density at radius 2 is 1.89 bits per heavy atom. The van der Waals surface area contributed by atoms with Gasteiger partial charge in [0.1, 0.15) is 23.3 Å². The molecule has 2 N–H and O–H groups in total. The summed E-state index contributed by atoms with van der Waals surface area (Å²) < 4.78 is 24.8. The third kappa shape index (κ3) is 5.29. The number of amides is 1. The average Bonchev–Trinajstić information content (AvgIpc) is 2.52. The highest BCUT2D eigenvalue weighted by Gasteiger charge is 2.35. The molecule has 0 atom stereocenters. The molecule has 5 nitrogen and oxygen atoms in total. The summed E-state index contributed by atoms with van der Waals surface area (Å²) >= 11 is 1.43. The lowest BCUT2D eigenvalue weighted by Gasteiger charge is -2.39. The second-order valence-electron chi connectivity index (χ2n) is 7.39. The third-order valence-corrected chi connectivity index (χ3v) is 4.79. The zero-order valence-electron chi connectivity index (χ0n) is 15.6. The summed E-state index contributed by atoms with van der Waals surface area (Å²) in [5, 5.41) is 0. The van der Waals surface area contributed by atoms with Crippen LogP contribution in [0.1, 0.15) is 20.8 Å². The van der Waals surface area contributed by atoms with E-state index >= 15 is 0 Å². The van der Waals surface area contributed by atoms with Crippen molar-refractivity contribution in [2.24, 2.45) is 0 Å². The van der Waals surface area contributed by atoms with Crippen LogP contribution in [-0.4, -0.2) is 35.8 Å². The van der Waals surface area contributed by atoms with Gasteiger partial charge in [-0.2, -0.15) is 0 Å². The Morgan fingerprint density at radius 1 is 1.19 bits per heavy atom. The molecule has 27 heavy (non-hydrogen) atoms. The molecule has 3 rings (SSSR count). The highest BCUT2D eigenvalue weighted by molar-refractivity contribution is 7.99. The van der Waals surface area contributed by atoms with Crippen molar-refractivity contribution in [2.75, 3.05) is 18.8 Å². The summed E-state index contributed by atoms with van der Waals surface area (Å²) in [7, 11) is 0. The number of halogens is 1. The number of ether oxygens (including phenoxy) is 2. The molecule has 1 heterocycles. The van der Waals surface area contributed by atoms with E-state index in [-0.39, 0.29) is 17.9 Å². The molecule has 1 fully saturated rings. The fourth-order valence-corrected chi connectivity index (χ4v) is 3.39. The van der Waals surface area contributed by atoms with Crippen LogP contribution in [0, 0.1) is 5.82 Å². The molecular formula is C20H23FN2O3S. The molecule has 1 saturated heterocycles. The quantitative estimate of drug-likeness (QED) is 0.776. The van der Waals surface area contributed by atoms with Gasteiger partial charge in [-0.25, -0.2) is 9.18 Å². The number of nitrogens with two attached hydrogens (primary N) is 1. The van der Waals surface area contributed by atoms with Crippen molar-refractivity contribution >= 4 is 23.5 Å². The number of rotatable bonds is 4. The van der Waals surface area contributed by atoms with E-state index in [0.29, 0.717) is 18.8 Å². The number of benzene rings is 2. The van der Waals surface area contributed by atoms with Gasteiger partial charge in [-0.3, -0.25) is 0 Å². The normalized spacial score (nSPS) is 14.6. The van der Waals surface area contributed by atoms with E-state index in [1.54, 1.807) is 17.0 Å². The smallest absolute Gasteiger partial charge is 0.410 e. The number of nitrogen functional groups attached to an aromatic ring is 1. The molecule has 2 aromatic rings. The molecule has 0 aromatic heterocycles. The van der Waals surface area contributed by atoms with Gasteiger partial charge in [0.2, 0.25) is 0 Å². The molecule has 7 heteroatoms. The Balaban J connectivity index is 1.54. The van der Waals surface area contributed by atoms with E-state index in [1.807, 2.05) is 45.0 Å². The minimum absolute atomic E-state index is 0.0632. The largest absolute Gasteiger partial charge is 0.487 e. The number of hydrogen-bond acceptors (Lipinski definition) is 5. The predicted octanol–water partition coefficient (Wildman–Crippen LogP) is 4.56. The van der Waals surface area contributed by atoms with Crippen LogP contribution in [0.25, 0.3) is 0 Å². The fourth-order valence-electron chi connectivity index (χ4n) is 2.50. The maximum atomic E-state index is 13.6. The minimum Gasteiger partial charge on any atom is -0.487 e. The summed E-state index contributed by atoms with van der Waals surface area (Å²) in [6, 6.07) is 12.3. The van der Waals surface area contributed by atoms with E-state index in [9.17, 15) is 9.18 Å². The van der Waals surface area contributed by atoms with Crippen molar-refractivity contribution in [2.45, 2.75) is 42.3 Å². The monoisotopic (exact) mass is 390 g/mol. The Bertz CT molecular complexity index is 832. The van der Waals surface area contributed by atoms with Crippen LogP contribution in [-0.2, 0) is 4.74 Å². The lowest BCUT2D eigenvalue weighted by atomic mass is 10.1. The standard InChI is InChI=1S/C20H23FN2O3S/c1-20(2,3)26-19(24)23-11-14(12-23)25-13-5-4-6-15(9-13)27-16-7-8-18(22)17(21)10-16/h4-10,14H,11-12,22H2,1-3H3. The molecule has 1 aliphatic rings. The SMILES string of the molecule is CC(C)(C)OC(=O)N1CC(Oc2cccc(Sc3ccc(N)c(F)c3)c2)C1. The topological polar surface area (TPSA) is 64.8 Å². The molecule has 0 unspecified atom stereocenters. The van der Waals surface area contributed by atoms with Gasteiger partial charge in [-0.15, -0.1) is 0 Å². The molecule has 1 aliphatic heterocycles. The Hall–Kier alpha value is -2.41. The molecule has 0 aliphatic carbocycles. The summed E-state index contributed by atoms with van der Waals surface area (Å²) in [5.41, 5.74) is 5.14. The van der Waals surface area contributed by atoms with E-state index in [1.165, 1.54) is 17.8 Å². The van der Waals surface area contributed by atoms with Crippen molar-refractivity contribution in [3.8, 4) is 5.75 Å². The van der Waals surface area contributed by atoms with Gasteiger partial charge in [0, 0.05) is 9.79 Å². The molecule has 0 radical (unpaired) electrons. The number of anilines is 1. The van der Waals surface area contributed by atoms with Gasteiger partial charge in [-0.1, -0.05) is 17.8 Å². The van der Waals surface area contributed by atoms with Gasteiger partial charge in [-0.05, 0) is 57.2 Å². The number of nitrogens with zero attached hydrogens (tertiary/aromatic N) is 1. The maximum Gasteiger partial charge on any atom is 0.410 e. The summed E-state index contributed by atoms with van der Waals surface area (Å²) in [6.45, 7) is 6.52. The van der Waals surface area contributed by atoms with Gasteiger partial charge in [0.05, 0.1) is 18.8 Å². The minimum atomic E-state index is -0.504. The van der Waals surface area contributed by atoms with Gasteiger partial charge < -0.3 is 20.1 Å². The van der Waals surface area contributed by atoms with E-state index in [0.717, 1.165) is 9.79 Å². The van der Waals surface area contributed by atoms with Crippen LogP contribution in [0.5, 0.6) is 5.75 Å². The number of carbonyl (C=O) groups is 1. The van der Waals surface area contributed by atoms with Crippen LogP contribution in [0.2, 0.25) is 0 Å². The first-order chi connectivity index (χ1) is 12.7. The second kappa shape index (κ2) is 7.68. The van der Waals surface area contributed by atoms with Crippen molar-refractivity contribution in [3.63, 3.8) is 0 Å². The van der Waals surface area contributed by atoms with Crippen LogP contribution >= 0.6 is 11.8 Å². The van der Waals surface area contributed by atoms with Crippen LogP contribution < -0.4 is 10.5 Å². The predicted molar refractivity (Wildman–Crippen MR) is 104 cm³/mol. The number of hydrogen-bond donors (Lipinski definition) is 1. The summed E-state index contributed by atoms with van der Waals surface area (Å²) in [4.78, 5) is 15.3. The molecule has 1 amide bonds. The van der Waals surface area contributed by atoms with Gasteiger partial charge >= 0.3 is 6.09 Å². The second-order valence-corrected chi connectivity index (χ2v) is 8.53. The van der Waals surface area contributed by atoms with Crippen LogP contribution in [0.15, 0.2) is 52.3 Å². The number of likely N-dealkylation sites (tertiary alicyclic amines) is 1. The Kier molecular flexibility index (Phi) is 5.51. The van der Waals surface area contributed by atoms with Crippen molar-refractivity contribution in [1.82, 2.24) is 4.90 Å². The van der Waals surface area contributed by atoms with Crippen LogP contribution in [0.4, 0.5) is 14.9 Å². The molecule has 0 bridgehead atoms. The average molecular weight is 390 g/mol. The third-order valence-electron chi connectivity index (χ3n) is 3.82. The molecule has 0 saturated carbocycles. The first kappa shape index (κ1) is 19.4. The summed E-state index contributed by atoms with van der Waals surface area (Å²) in [5.74, 6) is 0.286. The van der Waals surface area contributed by atoms with Gasteiger partial charge in [0.25, 0.3) is 0 Å². The van der Waals surface area contributed by atoms with E-state index < -0.39 is 11.4 Å². The van der Waals surface area contributed by atoms with Crippen molar-refractivity contribution in [1.29, 1.82) is 0 Å². The zero-order valence-corrected chi connectivity index (χ0v) is 16.4. The first-order valence-electron chi connectivity index (χ1n) is 8.67. The molecule has 144 valence electrons. The molecule has 0 spiro atoms. The molecule has 2 aromatic carbocycles. The Labute approximate surface area is 162 Å². The Morgan fingerprint density at radius 3 is 2.56 bits per heavy atom. The highest BCUT2D eigenvalue weighted by atomic mass is 32.2. The lowest BCUT2D eigenvalue weighted by Crippen LogP contribution is -2.57. The lowest BCUT2D eigenvalue weighted by molar-refractivity contribution is -0.0221. The zero-order chi connectivity index (χ0) is 19.6.